The largest absolute Gasteiger partial charge is 0.493 e. The predicted octanol–water partition coefficient (Wildman–Crippen LogP) is 5.24. The van der Waals surface area contributed by atoms with Gasteiger partial charge in [0, 0.05) is 10.5 Å². The third-order valence-corrected chi connectivity index (χ3v) is 4.30. The number of hydrogen-bond donors (Lipinski definition) is 0. The lowest BCUT2D eigenvalue weighted by Gasteiger charge is -2.07. The summed E-state index contributed by atoms with van der Waals surface area (Å²) < 4.78 is 16.8. The number of rotatable bonds is 5. The van der Waals surface area contributed by atoms with Crippen molar-refractivity contribution < 1.29 is 19.0 Å². The van der Waals surface area contributed by atoms with Crippen molar-refractivity contribution in [1.82, 2.24) is 0 Å². The van der Waals surface area contributed by atoms with E-state index in [-0.39, 0.29) is 0 Å². The van der Waals surface area contributed by atoms with Gasteiger partial charge in [0.2, 0.25) is 0 Å². The van der Waals surface area contributed by atoms with Crippen LogP contribution < -0.4 is 14.2 Å². The van der Waals surface area contributed by atoms with Crippen molar-refractivity contribution in [3.05, 3.63) is 70.7 Å². The summed E-state index contributed by atoms with van der Waals surface area (Å²) in [6.45, 7) is 0. The van der Waals surface area contributed by atoms with Gasteiger partial charge in [-0.05, 0) is 58.8 Å². The van der Waals surface area contributed by atoms with Gasteiger partial charge in [0.25, 0.3) is 0 Å². The first-order valence-electron chi connectivity index (χ1n) is 7.90. The molecule has 3 rings (SSSR count). The zero-order chi connectivity index (χ0) is 18.5. The lowest BCUT2D eigenvalue weighted by molar-refractivity contribution is -0.128. The van der Waals surface area contributed by atoms with Crippen molar-refractivity contribution in [2.45, 2.75) is 0 Å². The molecule has 0 aliphatic rings. The highest BCUT2D eigenvalue weighted by atomic mass is 79.9. The normalized spacial score (nSPS) is 10.9. The highest BCUT2D eigenvalue weighted by Crippen LogP contribution is 2.28. The van der Waals surface area contributed by atoms with E-state index in [9.17, 15) is 4.79 Å². The molecule has 0 aliphatic heterocycles. The number of methoxy groups -OCH3 is 2. The van der Waals surface area contributed by atoms with Crippen molar-refractivity contribution in [1.29, 1.82) is 0 Å². The average Bonchev–Trinajstić information content (AvgIpc) is 2.66. The van der Waals surface area contributed by atoms with Crippen molar-refractivity contribution in [3.8, 4) is 17.2 Å². The summed E-state index contributed by atoms with van der Waals surface area (Å²) in [5.74, 6) is 1.29. The Morgan fingerprint density at radius 3 is 2.38 bits per heavy atom. The fraction of sp³-hybridized carbons (Fsp3) is 0.0952. The number of carbonyl (C=O) groups excluding carboxylic acids is 1. The maximum absolute atomic E-state index is 12.1. The number of ether oxygens (including phenoxy) is 3. The van der Waals surface area contributed by atoms with Crippen molar-refractivity contribution >= 4 is 38.7 Å². The molecule has 5 heteroatoms. The van der Waals surface area contributed by atoms with Gasteiger partial charge < -0.3 is 14.2 Å². The standard InChI is InChI=1S/C21H17BrO4/c1-24-19-9-3-14(11-20(19)25-2)4-10-21(23)26-18-8-6-15-12-17(22)7-5-16(15)13-18/h3-13H,1-2H3. The van der Waals surface area contributed by atoms with Crippen LogP contribution in [0.3, 0.4) is 0 Å². The third-order valence-electron chi connectivity index (χ3n) is 3.81. The first-order valence-corrected chi connectivity index (χ1v) is 8.69. The molecule has 26 heavy (non-hydrogen) atoms. The van der Waals surface area contributed by atoms with E-state index in [0.29, 0.717) is 17.2 Å². The van der Waals surface area contributed by atoms with Crippen molar-refractivity contribution in [3.63, 3.8) is 0 Å². The minimum atomic E-state index is -0.448. The summed E-state index contributed by atoms with van der Waals surface area (Å²) in [6, 6.07) is 16.9. The summed E-state index contributed by atoms with van der Waals surface area (Å²) in [5.41, 5.74) is 0.808. The number of fused-ring (bicyclic) bond motifs is 1. The SMILES string of the molecule is COc1ccc(C=CC(=O)Oc2ccc3cc(Br)ccc3c2)cc1OC. The second kappa shape index (κ2) is 8.06. The number of hydrogen-bond acceptors (Lipinski definition) is 4. The Bertz CT molecular complexity index is 979. The molecule has 0 amide bonds. The van der Waals surface area contributed by atoms with E-state index in [1.807, 2.05) is 36.4 Å². The highest BCUT2D eigenvalue weighted by molar-refractivity contribution is 9.10. The summed E-state index contributed by atoms with van der Waals surface area (Å²) in [6.07, 6.45) is 3.05. The van der Waals surface area contributed by atoms with E-state index in [0.717, 1.165) is 20.8 Å². The molecule has 0 N–H and O–H groups in total. The molecule has 3 aromatic carbocycles. The van der Waals surface area contributed by atoms with E-state index in [4.69, 9.17) is 14.2 Å². The molecule has 0 fully saturated rings. The first kappa shape index (κ1) is 18.0. The van der Waals surface area contributed by atoms with Crippen LogP contribution in [0.25, 0.3) is 16.8 Å². The maximum atomic E-state index is 12.1. The van der Waals surface area contributed by atoms with Gasteiger partial charge in [-0.25, -0.2) is 4.79 Å². The smallest absolute Gasteiger partial charge is 0.336 e. The van der Waals surface area contributed by atoms with Crippen LogP contribution in [-0.2, 0) is 4.79 Å². The molecule has 132 valence electrons. The number of benzene rings is 3. The van der Waals surface area contributed by atoms with Crippen LogP contribution in [0.4, 0.5) is 0 Å². The van der Waals surface area contributed by atoms with Crippen molar-refractivity contribution in [2.75, 3.05) is 14.2 Å². The molecule has 0 unspecified atom stereocenters. The molecule has 0 aromatic heterocycles. The minimum Gasteiger partial charge on any atom is -0.493 e. The highest BCUT2D eigenvalue weighted by Gasteiger charge is 2.05. The Kier molecular flexibility index (Phi) is 5.58. The average molecular weight is 413 g/mol. The van der Waals surface area contributed by atoms with E-state index in [1.54, 1.807) is 38.5 Å². The van der Waals surface area contributed by atoms with Crippen LogP contribution in [0.2, 0.25) is 0 Å². The van der Waals surface area contributed by atoms with Crippen LogP contribution in [0.5, 0.6) is 17.2 Å². The molecular weight excluding hydrogens is 396 g/mol. The fourth-order valence-electron chi connectivity index (χ4n) is 2.53. The van der Waals surface area contributed by atoms with Gasteiger partial charge in [-0.1, -0.05) is 34.1 Å². The van der Waals surface area contributed by atoms with Crippen LogP contribution in [0.15, 0.2) is 65.1 Å². The van der Waals surface area contributed by atoms with E-state index >= 15 is 0 Å². The zero-order valence-electron chi connectivity index (χ0n) is 14.4. The lowest BCUT2D eigenvalue weighted by Crippen LogP contribution is -2.03. The van der Waals surface area contributed by atoms with E-state index in [2.05, 4.69) is 15.9 Å². The second-order valence-electron chi connectivity index (χ2n) is 5.52. The molecule has 4 nitrogen and oxygen atoms in total. The summed E-state index contributed by atoms with van der Waals surface area (Å²) in [5, 5.41) is 2.07. The van der Waals surface area contributed by atoms with E-state index < -0.39 is 5.97 Å². The van der Waals surface area contributed by atoms with Crippen LogP contribution >= 0.6 is 15.9 Å². The molecular formula is C21H17BrO4. The Hall–Kier alpha value is -2.79. The molecule has 0 radical (unpaired) electrons. The van der Waals surface area contributed by atoms with Crippen LogP contribution in [0, 0.1) is 0 Å². The van der Waals surface area contributed by atoms with Gasteiger partial charge in [0.05, 0.1) is 14.2 Å². The Labute approximate surface area is 160 Å². The van der Waals surface area contributed by atoms with Gasteiger partial charge in [-0.3, -0.25) is 0 Å². The van der Waals surface area contributed by atoms with E-state index in [1.165, 1.54) is 6.08 Å². The molecule has 0 saturated carbocycles. The quantitative estimate of drug-likeness (QED) is 0.326. The topological polar surface area (TPSA) is 44.8 Å². The Morgan fingerprint density at radius 1 is 0.885 bits per heavy atom. The first-order chi connectivity index (χ1) is 12.6. The third kappa shape index (κ3) is 4.24. The van der Waals surface area contributed by atoms with Gasteiger partial charge in [-0.2, -0.15) is 0 Å². The molecule has 0 bridgehead atoms. The molecule has 0 atom stereocenters. The fourth-order valence-corrected chi connectivity index (χ4v) is 2.91. The summed E-state index contributed by atoms with van der Waals surface area (Å²) in [7, 11) is 3.14. The molecule has 0 spiro atoms. The molecule has 3 aromatic rings. The lowest BCUT2D eigenvalue weighted by atomic mass is 10.1. The number of halogens is 1. The Morgan fingerprint density at radius 2 is 1.62 bits per heavy atom. The van der Waals surface area contributed by atoms with Crippen molar-refractivity contribution in [2.24, 2.45) is 0 Å². The predicted molar refractivity (Wildman–Crippen MR) is 106 cm³/mol. The Balaban J connectivity index is 1.72. The van der Waals surface area contributed by atoms with Gasteiger partial charge in [-0.15, -0.1) is 0 Å². The van der Waals surface area contributed by atoms with Gasteiger partial charge in [0.15, 0.2) is 11.5 Å². The summed E-state index contributed by atoms with van der Waals surface area (Å²) in [4.78, 5) is 12.1. The van der Waals surface area contributed by atoms with Crippen LogP contribution in [0.1, 0.15) is 5.56 Å². The molecule has 0 heterocycles. The van der Waals surface area contributed by atoms with Gasteiger partial charge >= 0.3 is 5.97 Å². The van der Waals surface area contributed by atoms with Crippen LogP contribution in [-0.4, -0.2) is 20.2 Å². The zero-order valence-corrected chi connectivity index (χ0v) is 15.9. The molecule has 0 saturated heterocycles. The number of carbonyl (C=O) groups is 1. The second-order valence-corrected chi connectivity index (χ2v) is 6.44. The number of esters is 1. The van der Waals surface area contributed by atoms with Gasteiger partial charge in [0.1, 0.15) is 5.75 Å². The minimum absolute atomic E-state index is 0.448. The summed E-state index contributed by atoms with van der Waals surface area (Å²) >= 11 is 3.44. The monoisotopic (exact) mass is 412 g/mol. The molecule has 0 aliphatic carbocycles. The maximum Gasteiger partial charge on any atom is 0.336 e.